The van der Waals surface area contributed by atoms with Crippen molar-refractivity contribution in [3.05, 3.63) is 34.4 Å². The van der Waals surface area contributed by atoms with Crippen LogP contribution < -0.4 is 5.32 Å². The highest BCUT2D eigenvalue weighted by atomic mass is 32.2. The van der Waals surface area contributed by atoms with Crippen LogP contribution in [0.15, 0.2) is 24.3 Å². The summed E-state index contributed by atoms with van der Waals surface area (Å²) < 4.78 is 0. The minimum Gasteiger partial charge on any atom is -0.384 e. The third-order valence-electron chi connectivity index (χ3n) is 2.07. The van der Waals surface area contributed by atoms with Crippen LogP contribution in [-0.2, 0) is 0 Å². The number of nitrogens with one attached hydrogen (secondary N) is 1. The van der Waals surface area contributed by atoms with Gasteiger partial charge < -0.3 is 5.32 Å². The fourth-order valence-corrected chi connectivity index (χ4v) is 1.30. The van der Waals surface area contributed by atoms with Crippen LogP contribution in [0, 0.1) is 10.1 Å². The number of rotatable bonds is 5. The van der Waals surface area contributed by atoms with E-state index >= 15 is 0 Å². The molecule has 0 saturated heterocycles. The van der Waals surface area contributed by atoms with E-state index in [1.54, 1.807) is 23.9 Å². The maximum absolute atomic E-state index is 10.4. The molecule has 0 aliphatic rings. The molecule has 4 nitrogen and oxygen atoms in total. The second kappa shape index (κ2) is 5.60. The summed E-state index contributed by atoms with van der Waals surface area (Å²) in [5.74, 6) is 0. The van der Waals surface area contributed by atoms with E-state index in [4.69, 9.17) is 0 Å². The lowest BCUT2D eigenvalue weighted by Crippen LogP contribution is -2.12. The first-order valence-electron chi connectivity index (χ1n) is 4.64. The van der Waals surface area contributed by atoms with Crippen molar-refractivity contribution in [1.82, 2.24) is 0 Å². The summed E-state index contributed by atoms with van der Waals surface area (Å²) in [7, 11) is 0. The molecule has 1 aromatic rings. The molecule has 15 heavy (non-hydrogen) atoms. The molecule has 0 radical (unpaired) electrons. The molecule has 0 saturated carbocycles. The first-order chi connectivity index (χ1) is 7.13. The Morgan fingerprint density at radius 3 is 2.53 bits per heavy atom. The molecular weight excluding hydrogens is 212 g/mol. The third kappa shape index (κ3) is 3.79. The lowest BCUT2D eigenvalue weighted by Gasteiger charge is -2.10. The third-order valence-corrected chi connectivity index (χ3v) is 3.05. The van der Waals surface area contributed by atoms with Crippen LogP contribution in [0.1, 0.15) is 6.92 Å². The maximum Gasteiger partial charge on any atom is 0.269 e. The van der Waals surface area contributed by atoms with E-state index in [2.05, 4.69) is 18.5 Å². The van der Waals surface area contributed by atoms with Gasteiger partial charge in [-0.3, -0.25) is 10.1 Å². The van der Waals surface area contributed by atoms with Gasteiger partial charge in [-0.2, -0.15) is 11.8 Å². The Kier molecular flexibility index (Phi) is 4.42. The van der Waals surface area contributed by atoms with Gasteiger partial charge in [0, 0.05) is 29.6 Å². The normalized spacial score (nSPS) is 12.1. The molecule has 0 aliphatic heterocycles. The average molecular weight is 226 g/mol. The van der Waals surface area contributed by atoms with Crippen LogP contribution in [0.25, 0.3) is 0 Å². The van der Waals surface area contributed by atoms with Crippen molar-refractivity contribution in [3.8, 4) is 0 Å². The molecule has 5 heteroatoms. The number of nitro benzene ring substituents is 1. The highest BCUT2D eigenvalue weighted by Crippen LogP contribution is 2.16. The lowest BCUT2D eigenvalue weighted by atomic mass is 10.3. The monoisotopic (exact) mass is 226 g/mol. The molecule has 0 bridgehead atoms. The first-order valence-corrected chi connectivity index (χ1v) is 5.93. The van der Waals surface area contributed by atoms with E-state index in [1.807, 2.05) is 0 Å². The van der Waals surface area contributed by atoms with Gasteiger partial charge in [0.1, 0.15) is 0 Å². The topological polar surface area (TPSA) is 55.2 Å². The molecule has 0 unspecified atom stereocenters. The lowest BCUT2D eigenvalue weighted by molar-refractivity contribution is -0.384. The molecule has 0 amide bonds. The second-order valence-corrected chi connectivity index (χ2v) is 4.51. The van der Waals surface area contributed by atoms with Crippen LogP contribution in [0.3, 0.4) is 0 Å². The number of nitro groups is 1. The Bertz CT molecular complexity index is 327. The summed E-state index contributed by atoms with van der Waals surface area (Å²) in [6.07, 6.45) is 2.06. The number of non-ortho nitro benzene ring substituents is 1. The number of benzene rings is 1. The molecule has 82 valence electrons. The van der Waals surface area contributed by atoms with Gasteiger partial charge in [0.25, 0.3) is 5.69 Å². The Morgan fingerprint density at radius 1 is 1.47 bits per heavy atom. The van der Waals surface area contributed by atoms with Crippen molar-refractivity contribution in [3.63, 3.8) is 0 Å². The van der Waals surface area contributed by atoms with E-state index < -0.39 is 4.92 Å². The summed E-state index contributed by atoms with van der Waals surface area (Å²) in [4.78, 5) is 10.0. The maximum atomic E-state index is 10.4. The number of nitrogens with zero attached hydrogens (tertiary/aromatic N) is 1. The molecule has 0 spiro atoms. The smallest absolute Gasteiger partial charge is 0.269 e. The van der Waals surface area contributed by atoms with Gasteiger partial charge in [-0.1, -0.05) is 6.92 Å². The average Bonchev–Trinajstić information content (AvgIpc) is 2.26. The molecule has 0 heterocycles. The van der Waals surface area contributed by atoms with Crippen LogP contribution >= 0.6 is 11.8 Å². The van der Waals surface area contributed by atoms with Gasteiger partial charge in [0.2, 0.25) is 0 Å². The van der Waals surface area contributed by atoms with Crippen LogP contribution in [0.2, 0.25) is 0 Å². The van der Waals surface area contributed by atoms with Gasteiger partial charge in [-0.25, -0.2) is 0 Å². The van der Waals surface area contributed by atoms with Gasteiger partial charge in [-0.05, 0) is 18.4 Å². The second-order valence-electron chi connectivity index (χ2n) is 3.23. The Morgan fingerprint density at radius 2 is 2.07 bits per heavy atom. The largest absolute Gasteiger partial charge is 0.384 e. The zero-order valence-electron chi connectivity index (χ0n) is 8.77. The number of hydrogen-bond donors (Lipinski definition) is 1. The molecule has 1 atom stereocenters. The Balaban J connectivity index is 2.53. The summed E-state index contributed by atoms with van der Waals surface area (Å²) in [5.41, 5.74) is 1.04. The van der Waals surface area contributed by atoms with Crippen LogP contribution in [0.4, 0.5) is 11.4 Å². The van der Waals surface area contributed by atoms with E-state index in [0.29, 0.717) is 5.25 Å². The van der Waals surface area contributed by atoms with Gasteiger partial charge in [0.05, 0.1) is 4.92 Å². The molecular formula is C10H14N2O2S. The van der Waals surface area contributed by atoms with E-state index in [9.17, 15) is 10.1 Å². The van der Waals surface area contributed by atoms with Crippen molar-refractivity contribution in [2.24, 2.45) is 0 Å². The van der Waals surface area contributed by atoms with Crippen molar-refractivity contribution < 1.29 is 4.92 Å². The number of hydrogen-bond acceptors (Lipinski definition) is 4. The summed E-state index contributed by atoms with van der Waals surface area (Å²) >= 11 is 1.78. The molecule has 0 aliphatic carbocycles. The van der Waals surface area contributed by atoms with E-state index in [1.165, 1.54) is 12.1 Å². The van der Waals surface area contributed by atoms with Crippen molar-refractivity contribution >= 4 is 23.1 Å². The quantitative estimate of drug-likeness (QED) is 0.619. The highest BCUT2D eigenvalue weighted by molar-refractivity contribution is 7.99. The van der Waals surface area contributed by atoms with Gasteiger partial charge >= 0.3 is 0 Å². The summed E-state index contributed by atoms with van der Waals surface area (Å²) in [6, 6.07) is 6.47. The Hall–Kier alpha value is -1.23. The van der Waals surface area contributed by atoms with Crippen molar-refractivity contribution in [2.45, 2.75) is 12.2 Å². The molecule has 0 fully saturated rings. The zero-order chi connectivity index (χ0) is 11.3. The van der Waals surface area contributed by atoms with Gasteiger partial charge in [0.15, 0.2) is 0 Å². The standard InChI is InChI=1S/C10H14N2O2S/c1-8(15-2)7-11-9-3-5-10(6-4-9)12(13)14/h3-6,8,11H,7H2,1-2H3/t8-/m1/s1. The predicted octanol–water partition coefficient (Wildman–Crippen LogP) is 2.76. The minimum atomic E-state index is -0.395. The van der Waals surface area contributed by atoms with E-state index in [0.717, 1.165) is 12.2 Å². The highest BCUT2D eigenvalue weighted by Gasteiger charge is 2.04. The van der Waals surface area contributed by atoms with Crippen molar-refractivity contribution in [2.75, 3.05) is 18.1 Å². The fourth-order valence-electron chi connectivity index (χ4n) is 1.05. The molecule has 1 N–H and O–H groups in total. The molecule has 1 aromatic carbocycles. The predicted molar refractivity (Wildman–Crippen MR) is 64.6 cm³/mol. The number of thioether (sulfide) groups is 1. The summed E-state index contributed by atoms with van der Waals surface area (Å²) in [6.45, 7) is 2.99. The van der Waals surface area contributed by atoms with Gasteiger partial charge in [-0.15, -0.1) is 0 Å². The van der Waals surface area contributed by atoms with Crippen LogP contribution in [0.5, 0.6) is 0 Å². The number of anilines is 1. The molecule has 1 rings (SSSR count). The SMILES string of the molecule is CS[C@H](C)CNc1ccc([N+](=O)[O-])cc1. The van der Waals surface area contributed by atoms with Crippen molar-refractivity contribution in [1.29, 1.82) is 0 Å². The van der Waals surface area contributed by atoms with E-state index in [-0.39, 0.29) is 5.69 Å². The fraction of sp³-hybridized carbons (Fsp3) is 0.400. The minimum absolute atomic E-state index is 0.124. The molecule has 0 aromatic heterocycles. The summed E-state index contributed by atoms with van der Waals surface area (Å²) in [5, 5.41) is 14.2. The van der Waals surface area contributed by atoms with Crippen LogP contribution in [-0.4, -0.2) is 23.0 Å². The zero-order valence-corrected chi connectivity index (χ0v) is 9.58. The Labute approximate surface area is 93.2 Å². The first kappa shape index (κ1) is 11.8.